The fourth-order valence-electron chi connectivity index (χ4n) is 2.59. The van der Waals surface area contributed by atoms with Crippen LogP contribution in [0.15, 0.2) is 24.3 Å². The van der Waals surface area contributed by atoms with Crippen LogP contribution in [-0.2, 0) is 20.9 Å². The number of amides is 2. The number of benzene rings is 1. The maximum atomic E-state index is 12.1. The summed E-state index contributed by atoms with van der Waals surface area (Å²) in [5.74, 6) is -0.0771. The van der Waals surface area contributed by atoms with Gasteiger partial charge in [0.25, 0.3) is 0 Å². The molecule has 0 unspecified atom stereocenters. The van der Waals surface area contributed by atoms with Gasteiger partial charge in [0.2, 0.25) is 11.8 Å². The van der Waals surface area contributed by atoms with Crippen LogP contribution in [0.4, 0.5) is 5.69 Å². The van der Waals surface area contributed by atoms with E-state index in [-0.39, 0.29) is 17.9 Å². The zero-order valence-corrected chi connectivity index (χ0v) is 13.8. The first kappa shape index (κ1) is 17.4. The Morgan fingerprint density at radius 1 is 1.30 bits per heavy atom. The molecular weight excluding hydrogens is 294 g/mol. The van der Waals surface area contributed by atoms with Gasteiger partial charge in [0.1, 0.15) is 0 Å². The molecule has 0 radical (unpaired) electrons. The Morgan fingerprint density at radius 2 is 2.04 bits per heavy atom. The van der Waals surface area contributed by atoms with E-state index >= 15 is 0 Å². The first-order valence-corrected chi connectivity index (χ1v) is 8.00. The number of nitrogens with one attached hydrogen (secondary N) is 2. The van der Waals surface area contributed by atoms with Gasteiger partial charge in [-0.3, -0.25) is 14.5 Å². The number of hydrogen-bond donors (Lipinski definition) is 2. The number of nitrogens with zero attached hydrogens (tertiary/aromatic N) is 1. The number of carbonyl (C=O) groups excluding carboxylic acids is 2. The molecule has 0 bridgehead atoms. The summed E-state index contributed by atoms with van der Waals surface area (Å²) in [5.41, 5.74) is 1.76. The van der Waals surface area contributed by atoms with Crippen LogP contribution in [0.1, 0.15) is 25.8 Å². The predicted molar refractivity (Wildman–Crippen MR) is 89.1 cm³/mol. The second-order valence-electron chi connectivity index (χ2n) is 5.92. The highest BCUT2D eigenvalue weighted by Crippen LogP contribution is 2.09. The summed E-state index contributed by atoms with van der Waals surface area (Å²) < 4.78 is 5.58. The summed E-state index contributed by atoms with van der Waals surface area (Å²) in [6, 6.07) is 7.45. The monoisotopic (exact) mass is 319 g/mol. The lowest BCUT2D eigenvalue weighted by atomic mass is 10.2. The Hall–Kier alpha value is -1.92. The van der Waals surface area contributed by atoms with Crippen LogP contribution in [0.5, 0.6) is 0 Å². The van der Waals surface area contributed by atoms with Crippen molar-refractivity contribution in [1.82, 2.24) is 10.2 Å². The highest BCUT2D eigenvalue weighted by molar-refractivity contribution is 5.88. The van der Waals surface area contributed by atoms with E-state index in [4.69, 9.17) is 4.74 Å². The SMILES string of the molecule is CC(=O)Nc1ccc(CNC(=O)CN2CCCO[C@H](C)C2)cc1. The Bertz CT molecular complexity index is 530. The van der Waals surface area contributed by atoms with Crippen LogP contribution < -0.4 is 10.6 Å². The van der Waals surface area contributed by atoms with Gasteiger partial charge in [-0.2, -0.15) is 0 Å². The van der Waals surface area contributed by atoms with E-state index in [2.05, 4.69) is 15.5 Å². The van der Waals surface area contributed by atoms with Gasteiger partial charge < -0.3 is 15.4 Å². The Balaban J connectivity index is 1.76. The lowest BCUT2D eigenvalue weighted by Crippen LogP contribution is -2.39. The average molecular weight is 319 g/mol. The number of ether oxygens (including phenoxy) is 1. The van der Waals surface area contributed by atoms with Gasteiger partial charge in [-0.1, -0.05) is 12.1 Å². The van der Waals surface area contributed by atoms with E-state index in [1.54, 1.807) is 0 Å². The smallest absolute Gasteiger partial charge is 0.234 e. The standard InChI is InChI=1S/C17H25N3O3/c1-13-11-20(8-3-9-23-13)12-17(22)18-10-15-4-6-16(7-5-15)19-14(2)21/h4-7,13H,3,8-12H2,1-2H3,(H,18,22)(H,19,21)/t13-/m1/s1. The third kappa shape index (κ3) is 6.38. The molecule has 2 rings (SSSR count). The lowest BCUT2D eigenvalue weighted by Gasteiger charge is -2.21. The van der Waals surface area contributed by atoms with Gasteiger partial charge in [-0.25, -0.2) is 0 Å². The topological polar surface area (TPSA) is 70.7 Å². The maximum Gasteiger partial charge on any atom is 0.234 e. The second-order valence-corrected chi connectivity index (χ2v) is 5.92. The molecule has 1 aromatic carbocycles. The number of hydrogen-bond acceptors (Lipinski definition) is 4. The van der Waals surface area contributed by atoms with Crippen LogP contribution in [-0.4, -0.2) is 49.1 Å². The molecule has 1 aliphatic heterocycles. The van der Waals surface area contributed by atoms with Crippen molar-refractivity contribution < 1.29 is 14.3 Å². The zero-order valence-electron chi connectivity index (χ0n) is 13.8. The summed E-state index contributed by atoms with van der Waals surface area (Å²) in [7, 11) is 0. The molecule has 1 heterocycles. The third-order valence-electron chi connectivity index (χ3n) is 3.67. The molecule has 1 fully saturated rings. The molecule has 0 aromatic heterocycles. The normalized spacial score (nSPS) is 19.0. The molecular formula is C17H25N3O3. The lowest BCUT2D eigenvalue weighted by molar-refractivity contribution is -0.122. The molecule has 1 saturated heterocycles. The van der Waals surface area contributed by atoms with Crippen LogP contribution in [0.3, 0.4) is 0 Å². The summed E-state index contributed by atoms with van der Waals surface area (Å²) in [6.07, 6.45) is 1.13. The second kappa shape index (κ2) is 8.64. The summed E-state index contributed by atoms with van der Waals surface area (Å²) >= 11 is 0. The van der Waals surface area contributed by atoms with E-state index in [1.807, 2.05) is 31.2 Å². The van der Waals surface area contributed by atoms with E-state index in [1.165, 1.54) is 6.92 Å². The van der Waals surface area contributed by atoms with Gasteiger partial charge in [0, 0.05) is 38.9 Å². The van der Waals surface area contributed by atoms with E-state index < -0.39 is 0 Å². The summed E-state index contributed by atoms with van der Waals surface area (Å²) in [6.45, 7) is 6.84. The van der Waals surface area contributed by atoms with Crippen molar-refractivity contribution in [3.8, 4) is 0 Å². The molecule has 23 heavy (non-hydrogen) atoms. The largest absolute Gasteiger partial charge is 0.377 e. The number of rotatable bonds is 5. The highest BCUT2D eigenvalue weighted by Gasteiger charge is 2.17. The molecule has 2 amide bonds. The molecule has 6 nitrogen and oxygen atoms in total. The van der Waals surface area contributed by atoms with Crippen LogP contribution in [0.25, 0.3) is 0 Å². The Kier molecular flexibility index (Phi) is 6.55. The minimum atomic E-state index is -0.0956. The quantitative estimate of drug-likeness (QED) is 0.860. The molecule has 1 aliphatic rings. The van der Waals surface area contributed by atoms with Gasteiger partial charge in [-0.15, -0.1) is 0 Å². The van der Waals surface area contributed by atoms with Crippen molar-refractivity contribution in [1.29, 1.82) is 0 Å². The minimum Gasteiger partial charge on any atom is -0.377 e. The molecule has 1 atom stereocenters. The molecule has 126 valence electrons. The highest BCUT2D eigenvalue weighted by atomic mass is 16.5. The van der Waals surface area contributed by atoms with Crippen molar-refractivity contribution in [3.63, 3.8) is 0 Å². The van der Waals surface area contributed by atoms with Crippen LogP contribution in [0, 0.1) is 0 Å². The van der Waals surface area contributed by atoms with E-state index in [0.29, 0.717) is 13.1 Å². The van der Waals surface area contributed by atoms with Gasteiger partial charge in [0.05, 0.1) is 12.6 Å². The van der Waals surface area contributed by atoms with Gasteiger partial charge in [0.15, 0.2) is 0 Å². The molecule has 0 aliphatic carbocycles. The number of anilines is 1. The Morgan fingerprint density at radius 3 is 2.74 bits per heavy atom. The summed E-state index contributed by atoms with van der Waals surface area (Å²) in [4.78, 5) is 25.2. The molecule has 2 N–H and O–H groups in total. The van der Waals surface area contributed by atoms with E-state index in [9.17, 15) is 9.59 Å². The fraction of sp³-hybridized carbons (Fsp3) is 0.529. The molecule has 1 aromatic rings. The van der Waals surface area contributed by atoms with Crippen molar-refractivity contribution in [2.75, 3.05) is 31.6 Å². The first-order chi connectivity index (χ1) is 11.0. The average Bonchev–Trinajstić information content (AvgIpc) is 2.70. The van der Waals surface area contributed by atoms with Crippen LogP contribution >= 0.6 is 0 Å². The molecule has 6 heteroatoms. The zero-order chi connectivity index (χ0) is 16.7. The third-order valence-corrected chi connectivity index (χ3v) is 3.67. The summed E-state index contributed by atoms with van der Waals surface area (Å²) in [5, 5.41) is 5.65. The van der Waals surface area contributed by atoms with Crippen molar-refractivity contribution >= 4 is 17.5 Å². The predicted octanol–water partition coefficient (Wildman–Crippen LogP) is 1.37. The number of carbonyl (C=O) groups is 2. The van der Waals surface area contributed by atoms with Crippen molar-refractivity contribution in [2.24, 2.45) is 0 Å². The molecule has 0 saturated carbocycles. The van der Waals surface area contributed by atoms with Crippen molar-refractivity contribution in [3.05, 3.63) is 29.8 Å². The van der Waals surface area contributed by atoms with E-state index in [0.717, 1.165) is 37.4 Å². The van der Waals surface area contributed by atoms with Crippen LogP contribution in [0.2, 0.25) is 0 Å². The molecule has 0 spiro atoms. The van der Waals surface area contributed by atoms with Gasteiger partial charge in [-0.05, 0) is 31.0 Å². The fourth-order valence-corrected chi connectivity index (χ4v) is 2.59. The Labute approximate surface area is 137 Å². The first-order valence-electron chi connectivity index (χ1n) is 8.00. The minimum absolute atomic E-state index is 0.0186. The van der Waals surface area contributed by atoms with Gasteiger partial charge >= 0.3 is 0 Å². The van der Waals surface area contributed by atoms with Crippen molar-refractivity contribution in [2.45, 2.75) is 32.9 Å². The maximum absolute atomic E-state index is 12.1.